The molecule has 0 bridgehead atoms. The van der Waals surface area contributed by atoms with E-state index in [2.05, 4.69) is 31.0 Å². The Morgan fingerprint density at radius 1 is 1.23 bits per heavy atom. The SMILES string of the molecule is CCc1noc(-c2ccc(NC(=O)NCCc3nncn3CC)cc2)n1. The van der Waals surface area contributed by atoms with E-state index in [1.165, 1.54) is 0 Å². The van der Waals surface area contributed by atoms with Gasteiger partial charge >= 0.3 is 6.03 Å². The van der Waals surface area contributed by atoms with Crippen LogP contribution in [0.3, 0.4) is 0 Å². The number of rotatable bonds is 7. The van der Waals surface area contributed by atoms with E-state index in [1.54, 1.807) is 18.5 Å². The lowest BCUT2D eigenvalue weighted by Gasteiger charge is -2.08. The molecule has 9 nitrogen and oxygen atoms in total. The number of anilines is 1. The first-order valence-corrected chi connectivity index (χ1v) is 8.54. The lowest BCUT2D eigenvalue weighted by atomic mass is 10.2. The molecule has 136 valence electrons. The van der Waals surface area contributed by atoms with Crippen LogP contribution in [0.2, 0.25) is 0 Å². The molecule has 3 rings (SSSR count). The third kappa shape index (κ3) is 4.24. The van der Waals surface area contributed by atoms with Crippen LogP contribution in [0, 0.1) is 0 Å². The molecule has 2 amide bonds. The predicted octanol–water partition coefficient (Wildman–Crippen LogP) is 2.27. The molecule has 2 aromatic heterocycles. The predicted molar refractivity (Wildman–Crippen MR) is 95.5 cm³/mol. The standard InChI is InChI=1S/C17H21N7O2/c1-3-14-21-16(26-23-14)12-5-7-13(8-6-12)20-17(25)18-10-9-15-22-19-11-24(15)4-2/h5-8,11H,3-4,9-10H2,1-2H3,(H2,18,20,25). The van der Waals surface area contributed by atoms with Crippen molar-refractivity contribution in [2.24, 2.45) is 0 Å². The molecule has 0 aliphatic carbocycles. The van der Waals surface area contributed by atoms with Gasteiger partial charge in [0.05, 0.1) is 0 Å². The van der Waals surface area contributed by atoms with Gasteiger partial charge in [-0.05, 0) is 31.2 Å². The number of amides is 2. The van der Waals surface area contributed by atoms with Gasteiger partial charge in [0, 0.05) is 37.2 Å². The average molecular weight is 355 g/mol. The minimum Gasteiger partial charge on any atom is -0.337 e. The summed E-state index contributed by atoms with van der Waals surface area (Å²) in [5.41, 5.74) is 1.49. The maximum absolute atomic E-state index is 12.0. The Bertz CT molecular complexity index is 854. The second-order valence-corrected chi connectivity index (χ2v) is 5.61. The molecular formula is C17H21N7O2. The molecule has 0 saturated heterocycles. The Kier molecular flexibility index (Phi) is 5.57. The van der Waals surface area contributed by atoms with E-state index in [0.29, 0.717) is 30.4 Å². The summed E-state index contributed by atoms with van der Waals surface area (Å²) in [5, 5.41) is 17.4. The smallest absolute Gasteiger partial charge is 0.319 e. The number of aryl methyl sites for hydroxylation is 2. The maximum atomic E-state index is 12.0. The third-order valence-corrected chi connectivity index (χ3v) is 3.84. The number of hydrogen-bond donors (Lipinski definition) is 2. The quantitative estimate of drug-likeness (QED) is 0.672. The van der Waals surface area contributed by atoms with Gasteiger partial charge in [-0.1, -0.05) is 12.1 Å². The van der Waals surface area contributed by atoms with Crippen LogP contribution < -0.4 is 10.6 Å². The molecule has 9 heteroatoms. The molecule has 0 aliphatic rings. The summed E-state index contributed by atoms with van der Waals surface area (Å²) in [6, 6.07) is 6.96. The molecule has 0 spiro atoms. The Hall–Kier alpha value is -3.23. The van der Waals surface area contributed by atoms with Gasteiger partial charge in [0.25, 0.3) is 5.89 Å². The largest absolute Gasteiger partial charge is 0.337 e. The van der Waals surface area contributed by atoms with Gasteiger partial charge in [-0.25, -0.2) is 4.79 Å². The van der Waals surface area contributed by atoms with Gasteiger partial charge < -0.3 is 19.7 Å². The fraction of sp³-hybridized carbons (Fsp3) is 0.353. The van der Waals surface area contributed by atoms with Crippen molar-refractivity contribution in [3.63, 3.8) is 0 Å². The van der Waals surface area contributed by atoms with Crippen LogP contribution in [0.4, 0.5) is 10.5 Å². The third-order valence-electron chi connectivity index (χ3n) is 3.84. The molecule has 3 aromatic rings. The highest BCUT2D eigenvalue weighted by molar-refractivity contribution is 5.89. The van der Waals surface area contributed by atoms with Gasteiger partial charge in [-0.3, -0.25) is 0 Å². The summed E-state index contributed by atoms with van der Waals surface area (Å²) in [4.78, 5) is 16.3. The normalized spacial score (nSPS) is 10.7. The molecule has 1 aromatic carbocycles. The second kappa shape index (κ2) is 8.24. The van der Waals surface area contributed by atoms with Crippen molar-refractivity contribution in [1.82, 2.24) is 30.2 Å². The van der Waals surface area contributed by atoms with Crippen LogP contribution in [-0.4, -0.2) is 37.5 Å². The molecule has 2 heterocycles. The first kappa shape index (κ1) is 17.6. The van der Waals surface area contributed by atoms with Crippen LogP contribution in [0.1, 0.15) is 25.5 Å². The van der Waals surface area contributed by atoms with Crippen LogP contribution in [0.25, 0.3) is 11.5 Å². The van der Waals surface area contributed by atoms with Crippen molar-refractivity contribution >= 4 is 11.7 Å². The minimum atomic E-state index is -0.272. The molecule has 2 N–H and O–H groups in total. The number of carbonyl (C=O) groups is 1. The van der Waals surface area contributed by atoms with Gasteiger partial charge in [0.1, 0.15) is 12.2 Å². The highest BCUT2D eigenvalue weighted by atomic mass is 16.5. The van der Waals surface area contributed by atoms with E-state index in [0.717, 1.165) is 24.4 Å². The minimum absolute atomic E-state index is 0.272. The highest BCUT2D eigenvalue weighted by Gasteiger charge is 2.08. The number of urea groups is 1. The Labute approximate surface area is 150 Å². The van der Waals surface area contributed by atoms with E-state index in [1.807, 2.05) is 30.5 Å². The number of nitrogens with one attached hydrogen (secondary N) is 2. The zero-order valence-electron chi connectivity index (χ0n) is 14.8. The van der Waals surface area contributed by atoms with Gasteiger partial charge in [-0.2, -0.15) is 4.98 Å². The van der Waals surface area contributed by atoms with Gasteiger partial charge in [0.2, 0.25) is 0 Å². The fourth-order valence-corrected chi connectivity index (χ4v) is 2.41. The van der Waals surface area contributed by atoms with Crippen LogP contribution >= 0.6 is 0 Å². The fourth-order valence-electron chi connectivity index (χ4n) is 2.41. The van der Waals surface area contributed by atoms with E-state index >= 15 is 0 Å². The van der Waals surface area contributed by atoms with Crippen LogP contribution in [0.5, 0.6) is 0 Å². The van der Waals surface area contributed by atoms with E-state index in [-0.39, 0.29) is 6.03 Å². The molecule has 0 radical (unpaired) electrons. The Morgan fingerprint density at radius 3 is 2.73 bits per heavy atom. The summed E-state index contributed by atoms with van der Waals surface area (Å²) in [7, 11) is 0. The summed E-state index contributed by atoms with van der Waals surface area (Å²) < 4.78 is 7.14. The van der Waals surface area contributed by atoms with Crippen molar-refractivity contribution in [1.29, 1.82) is 0 Å². The number of hydrogen-bond acceptors (Lipinski definition) is 6. The molecule has 0 fully saturated rings. The molecule has 0 saturated carbocycles. The first-order chi connectivity index (χ1) is 12.7. The topological polar surface area (TPSA) is 111 Å². The lowest BCUT2D eigenvalue weighted by Crippen LogP contribution is -2.30. The van der Waals surface area contributed by atoms with Crippen molar-refractivity contribution in [3.8, 4) is 11.5 Å². The highest BCUT2D eigenvalue weighted by Crippen LogP contribution is 2.19. The molecule has 26 heavy (non-hydrogen) atoms. The first-order valence-electron chi connectivity index (χ1n) is 8.54. The zero-order valence-corrected chi connectivity index (χ0v) is 14.8. The number of carbonyl (C=O) groups excluding carboxylic acids is 1. The van der Waals surface area contributed by atoms with Gasteiger partial charge in [-0.15, -0.1) is 10.2 Å². The van der Waals surface area contributed by atoms with Crippen molar-refractivity contribution in [2.75, 3.05) is 11.9 Å². The maximum Gasteiger partial charge on any atom is 0.319 e. The van der Waals surface area contributed by atoms with E-state index < -0.39 is 0 Å². The average Bonchev–Trinajstić information content (AvgIpc) is 3.31. The van der Waals surface area contributed by atoms with Crippen LogP contribution in [0.15, 0.2) is 35.1 Å². The Morgan fingerprint density at radius 2 is 2.04 bits per heavy atom. The number of aromatic nitrogens is 5. The van der Waals surface area contributed by atoms with Crippen molar-refractivity contribution in [2.45, 2.75) is 33.2 Å². The molecule has 0 atom stereocenters. The van der Waals surface area contributed by atoms with Gasteiger partial charge in [0.15, 0.2) is 5.82 Å². The van der Waals surface area contributed by atoms with E-state index in [4.69, 9.17) is 4.52 Å². The monoisotopic (exact) mass is 355 g/mol. The lowest BCUT2D eigenvalue weighted by molar-refractivity contribution is 0.252. The van der Waals surface area contributed by atoms with E-state index in [9.17, 15) is 4.79 Å². The zero-order chi connectivity index (χ0) is 18.4. The summed E-state index contributed by atoms with van der Waals surface area (Å²) >= 11 is 0. The van der Waals surface area contributed by atoms with Crippen LogP contribution in [-0.2, 0) is 19.4 Å². The summed E-state index contributed by atoms with van der Waals surface area (Å²) in [5.74, 6) is 1.99. The van der Waals surface area contributed by atoms with Crippen molar-refractivity contribution < 1.29 is 9.32 Å². The number of benzene rings is 1. The molecule has 0 unspecified atom stereocenters. The number of nitrogens with zero attached hydrogens (tertiary/aromatic N) is 5. The van der Waals surface area contributed by atoms with Crippen molar-refractivity contribution in [3.05, 3.63) is 42.2 Å². The molecule has 0 aliphatic heterocycles. The second-order valence-electron chi connectivity index (χ2n) is 5.61. The summed E-state index contributed by atoms with van der Waals surface area (Å²) in [6.45, 7) is 5.27. The Balaban J connectivity index is 1.49. The summed E-state index contributed by atoms with van der Waals surface area (Å²) in [6.07, 6.45) is 3.03. The molecular weight excluding hydrogens is 334 g/mol.